The van der Waals surface area contributed by atoms with Gasteiger partial charge in [0.1, 0.15) is 13.2 Å². The van der Waals surface area contributed by atoms with Gasteiger partial charge in [-0.1, -0.05) is 5.10 Å². The van der Waals surface area contributed by atoms with E-state index in [1.807, 2.05) is 0 Å². The van der Waals surface area contributed by atoms with Crippen LogP contribution >= 0.6 is 0 Å². The summed E-state index contributed by atoms with van der Waals surface area (Å²) in [5.74, 6) is 0.496. The van der Waals surface area contributed by atoms with E-state index in [2.05, 4.69) is 14.9 Å². The van der Waals surface area contributed by atoms with E-state index in [1.165, 1.54) is 0 Å². The molecule has 6 nitrogen and oxygen atoms in total. The van der Waals surface area contributed by atoms with Gasteiger partial charge in [-0.2, -0.15) is 13.2 Å². The van der Waals surface area contributed by atoms with Gasteiger partial charge in [0.25, 0.3) is 0 Å². The van der Waals surface area contributed by atoms with Gasteiger partial charge in [-0.05, 0) is 19.3 Å². The van der Waals surface area contributed by atoms with Crippen LogP contribution in [0.3, 0.4) is 0 Å². The molecule has 0 radical (unpaired) electrons. The Kier molecular flexibility index (Phi) is 2.94. The summed E-state index contributed by atoms with van der Waals surface area (Å²) in [6.07, 6.45) is -1.89. The molecule has 112 valence electrons. The Morgan fingerprint density at radius 2 is 1.90 bits per heavy atom. The second-order valence-electron chi connectivity index (χ2n) is 5.56. The SMILES string of the molecule is NC12CC(c3nnc(OCCOCC(F)(F)F)o3)(C1)C2. The lowest BCUT2D eigenvalue weighted by Gasteiger charge is -2.66. The molecule has 0 amide bonds. The lowest BCUT2D eigenvalue weighted by atomic mass is 9.40. The Labute approximate surface area is 112 Å². The molecule has 2 bridgehead atoms. The van der Waals surface area contributed by atoms with Crippen molar-refractivity contribution >= 4 is 0 Å². The molecular weight excluding hydrogens is 279 g/mol. The number of hydrogen-bond acceptors (Lipinski definition) is 6. The smallest absolute Gasteiger partial charge is 0.414 e. The highest BCUT2D eigenvalue weighted by molar-refractivity contribution is 5.33. The number of nitrogens with two attached hydrogens (primary N) is 1. The molecule has 2 N–H and O–H groups in total. The molecule has 0 aromatic carbocycles. The molecule has 20 heavy (non-hydrogen) atoms. The topological polar surface area (TPSA) is 83.4 Å². The Morgan fingerprint density at radius 1 is 1.20 bits per heavy atom. The third-order valence-electron chi connectivity index (χ3n) is 3.65. The normalized spacial score (nSPS) is 31.6. The van der Waals surface area contributed by atoms with Crippen LogP contribution in [0.5, 0.6) is 6.08 Å². The molecule has 3 saturated carbocycles. The van der Waals surface area contributed by atoms with Crippen molar-refractivity contribution in [1.82, 2.24) is 10.2 Å². The van der Waals surface area contributed by atoms with E-state index in [1.54, 1.807) is 0 Å². The quantitative estimate of drug-likeness (QED) is 0.792. The van der Waals surface area contributed by atoms with E-state index in [-0.39, 0.29) is 30.2 Å². The zero-order valence-electron chi connectivity index (χ0n) is 10.6. The van der Waals surface area contributed by atoms with Crippen molar-refractivity contribution < 1.29 is 27.1 Å². The van der Waals surface area contributed by atoms with Crippen molar-refractivity contribution in [2.45, 2.75) is 36.4 Å². The first-order chi connectivity index (χ1) is 9.30. The number of alkyl halides is 3. The van der Waals surface area contributed by atoms with E-state index in [9.17, 15) is 13.2 Å². The van der Waals surface area contributed by atoms with Gasteiger partial charge in [-0.15, -0.1) is 5.10 Å². The summed E-state index contributed by atoms with van der Waals surface area (Å²) >= 11 is 0. The van der Waals surface area contributed by atoms with Crippen molar-refractivity contribution in [2.24, 2.45) is 5.73 Å². The number of rotatable bonds is 6. The molecule has 1 aromatic heterocycles. The number of nitrogens with zero attached hydrogens (tertiary/aromatic N) is 2. The fourth-order valence-corrected chi connectivity index (χ4v) is 2.95. The molecule has 1 aromatic rings. The molecule has 0 spiro atoms. The monoisotopic (exact) mass is 293 g/mol. The van der Waals surface area contributed by atoms with E-state index < -0.39 is 12.8 Å². The predicted molar refractivity (Wildman–Crippen MR) is 59.1 cm³/mol. The lowest BCUT2D eigenvalue weighted by molar-refractivity contribution is -0.175. The second kappa shape index (κ2) is 4.32. The van der Waals surface area contributed by atoms with Crippen LogP contribution in [0.1, 0.15) is 25.2 Å². The van der Waals surface area contributed by atoms with E-state index >= 15 is 0 Å². The van der Waals surface area contributed by atoms with Gasteiger partial charge in [0.2, 0.25) is 5.89 Å². The maximum Gasteiger partial charge on any atom is 0.414 e. The lowest BCUT2D eigenvalue weighted by Crippen LogP contribution is -2.74. The average Bonchev–Trinajstić information content (AvgIpc) is 2.70. The minimum atomic E-state index is -4.33. The zero-order chi connectivity index (χ0) is 14.4. The fourth-order valence-electron chi connectivity index (χ4n) is 2.95. The van der Waals surface area contributed by atoms with Crippen molar-refractivity contribution in [2.75, 3.05) is 19.8 Å². The molecule has 9 heteroatoms. The maximum atomic E-state index is 11.8. The van der Waals surface area contributed by atoms with Gasteiger partial charge in [0.05, 0.1) is 12.0 Å². The van der Waals surface area contributed by atoms with Crippen LogP contribution in [0, 0.1) is 0 Å². The van der Waals surface area contributed by atoms with E-state index in [0.717, 1.165) is 19.3 Å². The summed E-state index contributed by atoms with van der Waals surface area (Å²) in [6.45, 7) is -1.58. The Balaban J connectivity index is 1.40. The van der Waals surface area contributed by atoms with Crippen LogP contribution in [0.15, 0.2) is 4.42 Å². The fraction of sp³-hybridized carbons (Fsp3) is 0.818. The molecule has 4 rings (SSSR count). The van der Waals surface area contributed by atoms with Gasteiger partial charge in [-0.3, -0.25) is 0 Å². The molecule has 3 aliphatic rings. The molecule has 3 fully saturated rings. The van der Waals surface area contributed by atoms with Gasteiger partial charge in [-0.25, -0.2) is 0 Å². The van der Waals surface area contributed by atoms with Gasteiger partial charge in [0, 0.05) is 5.54 Å². The van der Waals surface area contributed by atoms with Crippen LogP contribution in [-0.4, -0.2) is 41.7 Å². The predicted octanol–water partition coefficient (Wildman–Crippen LogP) is 1.16. The van der Waals surface area contributed by atoms with Crippen molar-refractivity contribution in [3.8, 4) is 6.08 Å². The molecule has 3 aliphatic carbocycles. The van der Waals surface area contributed by atoms with Crippen molar-refractivity contribution in [1.29, 1.82) is 0 Å². The summed E-state index contributed by atoms with van der Waals surface area (Å²) in [5.41, 5.74) is 5.77. The largest absolute Gasteiger partial charge is 0.447 e. The highest BCUT2D eigenvalue weighted by Crippen LogP contribution is 2.66. The minimum Gasteiger partial charge on any atom is -0.447 e. The summed E-state index contributed by atoms with van der Waals surface area (Å²) < 4.78 is 50.2. The molecular formula is C11H14F3N3O3. The van der Waals surface area contributed by atoms with Gasteiger partial charge in [0.15, 0.2) is 0 Å². The van der Waals surface area contributed by atoms with E-state index in [0.29, 0.717) is 5.89 Å². The Hall–Kier alpha value is -1.35. The van der Waals surface area contributed by atoms with Gasteiger partial charge < -0.3 is 19.6 Å². The number of halogens is 3. The van der Waals surface area contributed by atoms with Crippen LogP contribution in [-0.2, 0) is 10.2 Å². The van der Waals surface area contributed by atoms with Crippen LogP contribution in [0.4, 0.5) is 13.2 Å². The number of aromatic nitrogens is 2. The van der Waals surface area contributed by atoms with Crippen LogP contribution in [0.2, 0.25) is 0 Å². The summed E-state index contributed by atoms with van der Waals surface area (Å²) in [6, 6.07) is 0. The van der Waals surface area contributed by atoms with Crippen molar-refractivity contribution in [3.63, 3.8) is 0 Å². The standard InChI is InChI=1S/C11H14F3N3O3/c12-11(13,14)6-18-1-2-19-8-17-16-7(20-8)9-3-10(15,4-9)5-9/h1-6,15H2. The molecule has 0 unspecified atom stereocenters. The maximum absolute atomic E-state index is 11.8. The van der Waals surface area contributed by atoms with E-state index in [4.69, 9.17) is 14.9 Å². The summed E-state index contributed by atoms with van der Waals surface area (Å²) in [5, 5.41) is 7.60. The average molecular weight is 293 g/mol. The Bertz CT molecular complexity index is 483. The summed E-state index contributed by atoms with van der Waals surface area (Å²) in [7, 11) is 0. The third kappa shape index (κ3) is 2.47. The zero-order valence-corrected chi connectivity index (χ0v) is 10.6. The first-order valence-electron chi connectivity index (χ1n) is 6.21. The summed E-state index contributed by atoms with van der Waals surface area (Å²) in [4.78, 5) is 0. The molecule has 1 heterocycles. The number of ether oxygens (including phenoxy) is 2. The molecule has 0 aliphatic heterocycles. The first-order valence-corrected chi connectivity index (χ1v) is 6.21. The van der Waals surface area contributed by atoms with Gasteiger partial charge >= 0.3 is 12.3 Å². The van der Waals surface area contributed by atoms with Crippen LogP contribution in [0.25, 0.3) is 0 Å². The highest BCUT2D eigenvalue weighted by atomic mass is 19.4. The van der Waals surface area contributed by atoms with Crippen LogP contribution < -0.4 is 10.5 Å². The molecule has 0 saturated heterocycles. The second-order valence-corrected chi connectivity index (χ2v) is 5.56. The Morgan fingerprint density at radius 3 is 2.50 bits per heavy atom. The molecule has 0 atom stereocenters. The first kappa shape index (κ1) is 13.6. The number of hydrogen-bond donors (Lipinski definition) is 1. The highest BCUT2D eigenvalue weighted by Gasteiger charge is 2.69. The third-order valence-corrected chi connectivity index (χ3v) is 3.65. The minimum absolute atomic E-state index is 0.0496. The van der Waals surface area contributed by atoms with Crippen molar-refractivity contribution in [3.05, 3.63) is 5.89 Å².